The third-order valence-corrected chi connectivity index (χ3v) is 7.54. The van der Waals surface area contributed by atoms with E-state index in [1.54, 1.807) is 28.7 Å². The molecule has 0 unspecified atom stereocenters. The van der Waals surface area contributed by atoms with Crippen molar-refractivity contribution in [3.8, 4) is 17.2 Å². The second kappa shape index (κ2) is 9.43. The van der Waals surface area contributed by atoms with Crippen molar-refractivity contribution < 1.29 is 14.6 Å². The fourth-order valence-corrected chi connectivity index (χ4v) is 5.70. The van der Waals surface area contributed by atoms with Crippen molar-refractivity contribution in [1.82, 2.24) is 14.0 Å². The van der Waals surface area contributed by atoms with Gasteiger partial charge in [0.15, 0.2) is 4.96 Å². The van der Waals surface area contributed by atoms with E-state index in [4.69, 9.17) is 4.74 Å². The number of nitro benzene ring substituents is 2. The average molecular weight is 554 g/mol. The number of nitrogens with zero attached hydrogens (tertiary/aromatic N) is 5. The molecule has 0 radical (unpaired) electrons. The molecule has 0 amide bonds. The van der Waals surface area contributed by atoms with Crippen LogP contribution in [0.1, 0.15) is 17.0 Å². The molecular formula is C28H19N5O6S. The lowest BCUT2D eigenvalue weighted by Gasteiger charge is -2.11. The summed E-state index contributed by atoms with van der Waals surface area (Å²) >= 11 is 1.35. The summed E-state index contributed by atoms with van der Waals surface area (Å²) in [5.41, 5.74) is 4.16. The zero-order chi connectivity index (χ0) is 28.1. The summed E-state index contributed by atoms with van der Waals surface area (Å²) in [4.78, 5) is 39.4. The molecule has 40 heavy (non-hydrogen) atoms. The molecular weight excluding hydrogens is 534 g/mol. The number of hydrogen-bond acceptors (Lipinski definition) is 8. The van der Waals surface area contributed by atoms with E-state index in [1.165, 1.54) is 17.4 Å². The molecule has 0 bridgehead atoms. The normalized spacial score (nSPS) is 11.9. The summed E-state index contributed by atoms with van der Waals surface area (Å²) in [6.07, 6.45) is 1.88. The molecule has 3 aromatic carbocycles. The van der Waals surface area contributed by atoms with Crippen LogP contribution in [0.5, 0.6) is 11.5 Å². The van der Waals surface area contributed by atoms with Crippen molar-refractivity contribution in [1.29, 1.82) is 0 Å². The molecule has 3 heterocycles. The number of aryl methyl sites for hydroxylation is 1. The first kappa shape index (κ1) is 24.9. The van der Waals surface area contributed by atoms with Gasteiger partial charge in [0, 0.05) is 23.1 Å². The van der Waals surface area contributed by atoms with Gasteiger partial charge in [0.05, 0.1) is 31.5 Å². The van der Waals surface area contributed by atoms with E-state index >= 15 is 0 Å². The Morgan fingerprint density at radius 1 is 0.950 bits per heavy atom. The number of para-hydroxylation sites is 2. The van der Waals surface area contributed by atoms with Gasteiger partial charge in [0.1, 0.15) is 5.75 Å². The highest BCUT2D eigenvalue weighted by Crippen LogP contribution is 2.35. The second-order valence-electron chi connectivity index (χ2n) is 9.06. The molecule has 3 aromatic heterocycles. The van der Waals surface area contributed by atoms with Crippen molar-refractivity contribution in [3.05, 3.63) is 125 Å². The van der Waals surface area contributed by atoms with Crippen LogP contribution >= 0.6 is 11.3 Å². The summed E-state index contributed by atoms with van der Waals surface area (Å²) in [5.74, 6) is 0.233. The minimum atomic E-state index is -0.720. The number of ether oxygens (including phenoxy) is 1. The van der Waals surface area contributed by atoms with Crippen molar-refractivity contribution in [3.63, 3.8) is 0 Å². The zero-order valence-electron chi connectivity index (χ0n) is 21.1. The van der Waals surface area contributed by atoms with E-state index in [2.05, 4.69) is 4.98 Å². The van der Waals surface area contributed by atoms with E-state index < -0.39 is 21.2 Å². The number of aromatic nitrogens is 3. The highest BCUT2D eigenvalue weighted by atomic mass is 32.1. The summed E-state index contributed by atoms with van der Waals surface area (Å²) in [6, 6.07) is 19.7. The Hall–Kier alpha value is -5.36. The van der Waals surface area contributed by atoms with E-state index in [-0.39, 0.29) is 11.3 Å². The first-order chi connectivity index (χ1) is 19.2. The highest BCUT2D eigenvalue weighted by Gasteiger charge is 2.21. The molecule has 0 atom stereocenters. The minimum absolute atomic E-state index is 0.1000. The molecule has 0 N–H and O–H groups in total. The molecule has 0 aliphatic heterocycles. The van der Waals surface area contributed by atoms with Gasteiger partial charge in [-0.3, -0.25) is 25.0 Å². The number of rotatable bonds is 6. The molecule has 11 nitrogen and oxygen atoms in total. The van der Waals surface area contributed by atoms with Crippen LogP contribution in [0.2, 0.25) is 0 Å². The molecule has 0 fully saturated rings. The van der Waals surface area contributed by atoms with Gasteiger partial charge < -0.3 is 9.30 Å². The number of non-ortho nitro benzene ring substituents is 1. The highest BCUT2D eigenvalue weighted by molar-refractivity contribution is 7.15. The van der Waals surface area contributed by atoms with Crippen LogP contribution < -0.4 is 14.8 Å². The van der Waals surface area contributed by atoms with Gasteiger partial charge in [-0.1, -0.05) is 23.5 Å². The topological polar surface area (TPSA) is 135 Å². The third kappa shape index (κ3) is 4.16. The third-order valence-electron chi connectivity index (χ3n) is 6.57. The number of fused-ring (bicyclic) bond motifs is 3. The molecule has 0 spiro atoms. The zero-order valence-corrected chi connectivity index (χ0v) is 21.9. The number of hydrogen-bond donors (Lipinski definition) is 0. The molecule has 0 saturated carbocycles. The van der Waals surface area contributed by atoms with Crippen molar-refractivity contribution >= 4 is 44.8 Å². The summed E-state index contributed by atoms with van der Waals surface area (Å²) in [5, 5.41) is 22.4. The van der Waals surface area contributed by atoms with E-state index in [9.17, 15) is 25.0 Å². The Morgan fingerprint density at radius 3 is 2.42 bits per heavy atom. The molecule has 12 heteroatoms. The van der Waals surface area contributed by atoms with Crippen LogP contribution in [-0.2, 0) is 0 Å². The Labute approximate surface area is 229 Å². The predicted molar refractivity (Wildman–Crippen MR) is 151 cm³/mol. The molecule has 0 aliphatic carbocycles. The van der Waals surface area contributed by atoms with E-state index in [0.29, 0.717) is 15.2 Å². The van der Waals surface area contributed by atoms with Crippen LogP contribution in [0.4, 0.5) is 11.4 Å². The predicted octanol–water partition coefficient (Wildman–Crippen LogP) is 5.47. The number of thiazole rings is 1. The Kier molecular flexibility index (Phi) is 5.88. The summed E-state index contributed by atoms with van der Waals surface area (Å²) < 4.78 is 9.94. The smallest absolute Gasteiger partial charge is 0.318 e. The monoisotopic (exact) mass is 553 g/mol. The van der Waals surface area contributed by atoms with Gasteiger partial charge in [-0.05, 0) is 74.0 Å². The van der Waals surface area contributed by atoms with Crippen LogP contribution in [0, 0.1) is 34.1 Å². The molecule has 0 aliphatic rings. The van der Waals surface area contributed by atoms with Gasteiger partial charge in [0.25, 0.3) is 11.2 Å². The summed E-state index contributed by atoms with van der Waals surface area (Å²) in [7, 11) is 0. The molecule has 6 aromatic rings. The van der Waals surface area contributed by atoms with Crippen LogP contribution in [0.25, 0.3) is 27.8 Å². The van der Waals surface area contributed by atoms with Crippen molar-refractivity contribution in [2.24, 2.45) is 0 Å². The van der Waals surface area contributed by atoms with Gasteiger partial charge >= 0.3 is 5.69 Å². The van der Waals surface area contributed by atoms with Gasteiger partial charge in [-0.25, -0.2) is 9.38 Å². The fraction of sp³-hybridized carbons (Fsp3) is 0.0714. The quantitative estimate of drug-likeness (QED) is 0.197. The van der Waals surface area contributed by atoms with E-state index in [0.717, 1.165) is 45.8 Å². The lowest BCUT2D eigenvalue weighted by Crippen LogP contribution is -2.22. The number of benzene rings is 3. The molecule has 0 saturated heterocycles. The lowest BCUT2D eigenvalue weighted by molar-refractivity contribution is -0.394. The Morgan fingerprint density at radius 2 is 1.70 bits per heavy atom. The van der Waals surface area contributed by atoms with Crippen molar-refractivity contribution in [2.45, 2.75) is 13.8 Å². The largest absolute Gasteiger partial charge is 0.450 e. The number of imidazole rings is 1. The maximum absolute atomic E-state index is 13.2. The summed E-state index contributed by atoms with van der Waals surface area (Å²) in [6.45, 7) is 3.92. The van der Waals surface area contributed by atoms with Gasteiger partial charge in [-0.2, -0.15) is 0 Å². The lowest BCUT2D eigenvalue weighted by atomic mass is 10.2. The van der Waals surface area contributed by atoms with Gasteiger partial charge in [0.2, 0.25) is 5.75 Å². The minimum Gasteiger partial charge on any atom is -0.450 e. The Balaban J connectivity index is 1.32. The maximum atomic E-state index is 13.2. The maximum Gasteiger partial charge on any atom is 0.318 e. The van der Waals surface area contributed by atoms with Crippen molar-refractivity contribution in [2.75, 3.05) is 0 Å². The van der Waals surface area contributed by atoms with E-state index in [1.807, 2.05) is 54.8 Å². The average Bonchev–Trinajstić information content (AvgIpc) is 3.54. The first-order valence-corrected chi connectivity index (χ1v) is 12.8. The second-order valence-corrected chi connectivity index (χ2v) is 10.1. The molecule has 6 rings (SSSR count). The van der Waals surface area contributed by atoms with Crippen LogP contribution in [0.3, 0.4) is 0 Å². The fourth-order valence-electron chi connectivity index (χ4n) is 4.72. The molecule has 198 valence electrons. The SMILES string of the molecule is Cc1cc(/C=c2\sc3nc4ccccc4n3c2=O)c(C)n1-c1ccc(Oc2ccc([N+](=O)[O-])cc2[N+](=O)[O-])cc1. The van der Waals surface area contributed by atoms with Crippen LogP contribution in [0.15, 0.2) is 77.6 Å². The number of nitro groups is 2. The standard InChI is InChI=1S/C28H19N5O6S/c1-16-13-18(14-26-27(34)31-23-6-4-3-5-22(23)29-28(31)40-26)17(2)30(16)19-7-10-21(11-8-19)39-25-12-9-20(32(35)36)15-24(25)33(37)38/h3-15H,1-2H3/b26-14-. The van der Waals surface area contributed by atoms with Crippen LogP contribution in [-0.4, -0.2) is 23.8 Å². The Bertz CT molecular complexity index is 2090. The first-order valence-electron chi connectivity index (χ1n) is 12.0. The van der Waals surface area contributed by atoms with Gasteiger partial charge in [-0.15, -0.1) is 0 Å².